The van der Waals surface area contributed by atoms with Gasteiger partial charge in [-0.3, -0.25) is 0 Å². The SMILES string of the molecule is CCc1ccc(N(c2ccccc2)c2ccc(/C=C/C=C/c3ccccc3)cc2)cc1. The van der Waals surface area contributed by atoms with Crippen LogP contribution >= 0.6 is 0 Å². The van der Waals surface area contributed by atoms with Gasteiger partial charge in [0.1, 0.15) is 0 Å². The minimum Gasteiger partial charge on any atom is -0.311 e. The van der Waals surface area contributed by atoms with E-state index in [-0.39, 0.29) is 0 Å². The summed E-state index contributed by atoms with van der Waals surface area (Å²) in [5.41, 5.74) is 7.19. The Kier molecular flexibility index (Phi) is 6.77. The second kappa shape index (κ2) is 10.3. The molecule has 0 unspecified atom stereocenters. The Morgan fingerprint density at radius 2 is 0.968 bits per heavy atom. The normalized spacial score (nSPS) is 11.3. The first-order valence-electron chi connectivity index (χ1n) is 10.8. The average molecular weight is 402 g/mol. The van der Waals surface area contributed by atoms with E-state index in [1.54, 1.807) is 0 Å². The summed E-state index contributed by atoms with van der Waals surface area (Å²) in [6, 6.07) is 38.4. The van der Waals surface area contributed by atoms with Gasteiger partial charge in [0.15, 0.2) is 0 Å². The summed E-state index contributed by atoms with van der Waals surface area (Å²) in [6.07, 6.45) is 9.45. The molecule has 0 aliphatic carbocycles. The zero-order valence-corrected chi connectivity index (χ0v) is 17.9. The van der Waals surface area contributed by atoms with Crippen LogP contribution in [0.15, 0.2) is 121 Å². The van der Waals surface area contributed by atoms with Crippen LogP contribution < -0.4 is 4.90 Å². The molecule has 0 amide bonds. The van der Waals surface area contributed by atoms with Crippen LogP contribution in [-0.2, 0) is 6.42 Å². The highest BCUT2D eigenvalue weighted by molar-refractivity contribution is 5.77. The Labute approximate surface area is 185 Å². The molecule has 1 heteroatoms. The molecule has 0 saturated heterocycles. The number of anilines is 3. The molecule has 0 aliphatic heterocycles. The van der Waals surface area contributed by atoms with E-state index in [0.717, 1.165) is 23.5 Å². The third-order valence-corrected chi connectivity index (χ3v) is 5.26. The van der Waals surface area contributed by atoms with Gasteiger partial charge >= 0.3 is 0 Å². The fourth-order valence-electron chi connectivity index (χ4n) is 3.54. The van der Waals surface area contributed by atoms with E-state index in [1.807, 2.05) is 6.07 Å². The molecule has 31 heavy (non-hydrogen) atoms. The molecule has 4 rings (SSSR count). The zero-order valence-electron chi connectivity index (χ0n) is 17.9. The Bertz CT molecular complexity index is 1120. The van der Waals surface area contributed by atoms with Gasteiger partial charge in [-0.25, -0.2) is 0 Å². The lowest BCUT2D eigenvalue weighted by Crippen LogP contribution is -2.09. The maximum Gasteiger partial charge on any atom is 0.0462 e. The van der Waals surface area contributed by atoms with Gasteiger partial charge in [-0.05, 0) is 59.5 Å². The van der Waals surface area contributed by atoms with E-state index < -0.39 is 0 Å². The molecule has 4 aromatic rings. The van der Waals surface area contributed by atoms with Gasteiger partial charge in [0.25, 0.3) is 0 Å². The maximum absolute atomic E-state index is 2.29. The van der Waals surface area contributed by atoms with E-state index >= 15 is 0 Å². The van der Waals surface area contributed by atoms with Crippen molar-refractivity contribution in [2.45, 2.75) is 13.3 Å². The molecule has 0 saturated carbocycles. The fraction of sp³-hybridized carbons (Fsp3) is 0.0667. The standard InChI is InChI=1S/C30H27N/c1-2-25-17-21-29(22-18-25)31(28-15-7-4-8-16-28)30-23-19-27(20-24-30)14-10-9-13-26-11-5-3-6-12-26/h3-24H,2H2,1H3/b13-9+,14-10+. The number of para-hydroxylation sites is 1. The molecule has 0 heterocycles. The zero-order chi connectivity index (χ0) is 21.3. The minimum absolute atomic E-state index is 1.05. The lowest BCUT2D eigenvalue weighted by Gasteiger charge is -2.25. The molecule has 0 radical (unpaired) electrons. The summed E-state index contributed by atoms with van der Waals surface area (Å²) in [5, 5.41) is 0. The van der Waals surface area contributed by atoms with Crippen LogP contribution in [0, 0.1) is 0 Å². The first kappa shape index (κ1) is 20.4. The molecule has 0 N–H and O–H groups in total. The van der Waals surface area contributed by atoms with Gasteiger partial charge in [-0.1, -0.05) is 104 Å². The van der Waals surface area contributed by atoms with E-state index in [9.17, 15) is 0 Å². The number of nitrogens with zero attached hydrogens (tertiary/aromatic N) is 1. The van der Waals surface area contributed by atoms with Crippen LogP contribution in [0.2, 0.25) is 0 Å². The number of aryl methyl sites for hydroxylation is 1. The molecule has 0 bridgehead atoms. The van der Waals surface area contributed by atoms with Crippen molar-refractivity contribution in [3.8, 4) is 0 Å². The van der Waals surface area contributed by atoms with Crippen molar-refractivity contribution in [1.82, 2.24) is 0 Å². The summed E-state index contributed by atoms with van der Waals surface area (Å²) in [7, 11) is 0. The number of allylic oxidation sites excluding steroid dienone is 2. The number of hydrogen-bond acceptors (Lipinski definition) is 1. The fourth-order valence-corrected chi connectivity index (χ4v) is 3.54. The molecule has 0 fully saturated rings. The molecule has 1 nitrogen and oxygen atoms in total. The molecule has 4 aromatic carbocycles. The lowest BCUT2D eigenvalue weighted by molar-refractivity contribution is 1.14. The van der Waals surface area contributed by atoms with Crippen molar-refractivity contribution in [1.29, 1.82) is 0 Å². The van der Waals surface area contributed by atoms with Crippen LogP contribution in [0.3, 0.4) is 0 Å². The van der Waals surface area contributed by atoms with Gasteiger partial charge in [-0.15, -0.1) is 0 Å². The molecule has 152 valence electrons. The van der Waals surface area contributed by atoms with E-state index in [4.69, 9.17) is 0 Å². The third kappa shape index (κ3) is 5.40. The topological polar surface area (TPSA) is 3.24 Å². The molecule has 0 atom stereocenters. The highest BCUT2D eigenvalue weighted by atomic mass is 15.1. The Morgan fingerprint density at radius 3 is 1.52 bits per heavy atom. The van der Waals surface area contributed by atoms with Crippen molar-refractivity contribution in [3.63, 3.8) is 0 Å². The monoisotopic (exact) mass is 401 g/mol. The largest absolute Gasteiger partial charge is 0.311 e. The molecule has 0 aromatic heterocycles. The first-order valence-corrected chi connectivity index (χ1v) is 10.8. The Balaban J connectivity index is 1.56. The highest BCUT2D eigenvalue weighted by Crippen LogP contribution is 2.34. The molecule has 0 spiro atoms. The van der Waals surface area contributed by atoms with Gasteiger partial charge in [0.05, 0.1) is 0 Å². The summed E-state index contributed by atoms with van der Waals surface area (Å²) >= 11 is 0. The quantitative estimate of drug-likeness (QED) is 0.281. The number of hydrogen-bond donors (Lipinski definition) is 0. The third-order valence-electron chi connectivity index (χ3n) is 5.26. The summed E-state index contributed by atoms with van der Waals surface area (Å²) in [5.74, 6) is 0. The van der Waals surface area contributed by atoms with Crippen molar-refractivity contribution in [2.24, 2.45) is 0 Å². The smallest absolute Gasteiger partial charge is 0.0462 e. The second-order valence-electron chi connectivity index (χ2n) is 7.41. The van der Waals surface area contributed by atoms with Crippen LogP contribution in [-0.4, -0.2) is 0 Å². The second-order valence-corrected chi connectivity index (χ2v) is 7.41. The van der Waals surface area contributed by atoms with E-state index in [0.29, 0.717) is 0 Å². The number of rotatable bonds is 7. The van der Waals surface area contributed by atoms with Crippen LogP contribution in [0.1, 0.15) is 23.6 Å². The maximum atomic E-state index is 2.29. The lowest BCUT2D eigenvalue weighted by atomic mass is 10.1. The average Bonchev–Trinajstić information content (AvgIpc) is 2.85. The summed E-state index contributed by atoms with van der Waals surface area (Å²) in [6.45, 7) is 2.19. The summed E-state index contributed by atoms with van der Waals surface area (Å²) < 4.78 is 0. The number of benzene rings is 4. The van der Waals surface area contributed by atoms with E-state index in [2.05, 4.69) is 139 Å². The van der Waals surface area contributed by atoms with Crippen LogP contribution in [0.4, 0.5) is 17.1 Å². The Hall–Kier alpha value is -3.84. The van der Waals surface area contributed by atoms with Gasteiger partial charge in [0, 0.05) is 17.1 Å². The van der Waals surface area contributed by atoms with Crippen molar-refractivity contribution in [2.75, 3.05) is 4.90 Å². The highest BCUT2D eigenvalue weighted by Gasteiger charge is 2.11. The van der Waals surface area contributed by atoms with Crippen molar-refractivity contribution in [3.05, 3.63) is 138 Å². The van der Waals surface area contributed by atoms with Crippen molar-refractivity contribution >= 4 is 29.2 Å². The van der Waals surface area contributed by atoms with Gasteiger partial charge in [-0.2, -0.15) is 0 Å². The molecular formula is C30H27N. The van der Waals surface area contributed by atoms with Gasteiger partial charge < -0.3 is 4.90 Å². The predicted molar refractivity (Wildman–Crippen MR) is 135 cm³/mol. The molecular weight excluding hydrogens is 374 g/mol. The predicted octanol–water partition coefficient (Wildman–Crippen LogP) is 8.45. The van der Waals surface area contributed by atoms with Crippen LogP contribution in [0.5, 0.6) is 0 Å². The van der Waals surface area contributed by atoms with Crippen LogP contribution in [0.25, 0.3) is 12.2 Å². The molecule has 0 aliphatic rings. The minimum atomic E-state index is 1.05. The van der Waals surface area contributed by atoms with Gasteiger partial charge in [0.2, 0.25) is 0 Å². The van der Waals surface area contributed by atoms with Crippen molar-refractivity contribution < 1.29 is 0 Å². The van der Waals surface area contributed by atoms with E-state index in [1.165, 1.54) is 16.7 Å². The first-order chi connectivity index (χ1) is 15.3. The summed E-state index contributed by atoms with van der Waals surface area (Å²) in [4.78, 5) is 2.29. The Morgan fingerprint density at radius 1 is 0.516 bits per heavy atom.